The normalized spacial score (nSPS) is 11.1. The molecular weight excluding hydrogens is 304 g/mol. The number of carbonyl (C=O) groups is 1. The van der Waals surface area contributed by atoms with E-state index in [0.717, 1.165) is 6.07 Å². The van der Waals surface area contributed by atoms with Gasteiger partial charge in [-0.05, 0) is 24.3 Å². The number of rotatable bonds is 4. The number of sulfonamides is 1. The van der Waals surface area contributed by atoms with E-state index in [1.54, 1.807) is 0 Å². The molecule has 8 heteroatoms. The molecule has 0 radical (unpaired) electrons. The molecule has 1 aromatic carbocycles. The van der Waals surface area contributed by atoms with Crippen LogP contribution >= 0.6 is 11.6 Å². The summed E-state index contributed by atoms with van der Waals surface area (Å²) in [6.45, 7) is 0. The monoisotopic (exact) mass is 312 g/mol. The van der Waals surface area contributed by atoms with Crippen molar-refractivity contribution in [2.24, 2.45) is 0 Å². The van der Waals surface area contributed by atoms with Gasteiger partial charge in [0.05, 0.1) is 21.2 Å². The summed E-state index contributed by atoms with van der Waals surface area (Å²) in [5.41, 5.74) is 0.0519. The van der Waals surface area contributed by atoms with E-state index in [-0.39, 0.29) is 21.2 Å². The van der Waals surface area contributed by atoms with Gasteiger partial charge in [-0.15, -0.1) is 0 Å². The molecule has 104 valence electrons. The maximum Gasteiger partial charge on any atom is 0.335 e. The Morgan fingerprint density at radius 2 is 2.05 bits per heavy atom. The fraction of sp³-hybridized carbons (Fsp3) is 0. The van der Waals surface area contributed by atoms with Gasteiger partial charge in [-0.25, -0.2) is 13.2 Å². The van der Waals surface area contributed by atoms with Crippen LogP contribution in [0.4, 0.5) is 5.69 Å². The number of aromatic carboxylic acids is 1. The lowest BCUT2D eigenvalue weighted by molar-refractivity contribution is 0.0696. The summed E-state index contributed by atoms with van der Waals surface area (Å²) in [6.07, 6.45) is 2.69. The number of hydrogen-bond acceptors (Lipinski definition) is 4. The van der Waals surface area contributed by atoms with Gasteiger partial charge in [0.25, 0.3) is 10.0 Å². The first-order valence-corrected chi connectivity index (χ1v) is 7.22. The van der Waals surface area contributed by atoms with E-state index in [1.165, 1.54) is 36.7 Å². The second-order valence-electron chi connectivity index (χ2n) is 3.79. The molecule has 0 aliphatic carbocycles. The van der Waals surface area contributed by atoms with Crippen molar-refractivity contribution in [2.75, 3.05) is 4.72 Å². The zero-order valence-corrected chi connectivity index (χ0v) is 11.5. The Bertz CT molecular complexity index is 762. The first-order chi connectivity index (χ1) is 9.40. The van der Waals surface area contributed by atoms with Gasteiger partial charge in [-0.1, -0.05) is 17.7 Å². The van der Waals surface area contributed by atoms with E-state index < -0.39 is 16.0 Å². The zero-order chi connectivity index (χ0) is 14.8. The summed E-state index contributed by atoms with van der Waals surface area (Å²) >= 11 is 5.82. The predicted octanol–water partition coefficient (Wildman–Crippen LogP) is 2.23. The fourth-order valence-electron chi connectivity index (χ4n) is 1.46. The van der Waals surface area contributed by atoms with E-state index in [2.05, 4.69) is 9.71 Å². The molecule has 20 heavy (non-hydrogen) atoms. The van der Waals surface area contributed by atoms with E-state index in [1.807, 2.05) is 0 Å². The molecule has 0 saturated heterocycles. The zero-order valence-electron chi connectivity index (χ0n) is 9.95. The lowest BCUT2D eigenvalue weighted by atomic mass is 10.2. The minimum absolute atomic E-state index is 0.117. The van der Waals surface area contributed by atoms with Crippen LogP contribution in [0, 0.1) is 0 Å². The standard InChI is InChI=1S/C12H9ClN2O4S/c13-10-7-14-5-4-11(10)15-20(18,19)9-3-1-2-8(6-9)12(16)17/h1-7H,(H,14,15)(H,16,17). The number of nitrogens with one attached hydrogen (secondary N) is 1. The topological polar surface area (TPSA) is 96.4 Å². The number of aromatic nitrogens is 1. The number of nitrogens with zero attached hydrogens (tertiary/aromatic N) is 1. The van der Waals surface area contributed by atoms with Crippen LogP contribution in [0.3, 0.4) is 0 Å². The largest absolute Gasteiger partial charge is 0.478 e. The molecule has 0 aliphatic heterocycles. The third kappa shape index (κ3) is 3.06. The van der Waals surface area contributed by atoms with Gasteiger partial charge in [0.15, 0.2) is 0 Å². The summed E-state index contributed by atoms with van der Waals surface area (Å²) in [5.74, 6) is -1.20. The lowest BCUT2D eigenvalue weighted by Crippen LogP contribution is -2.14. The SMILES string of the molecule is O=C(O)c1cccc(S(=O)(=O)Nc2ccncc2Cl)c1. The van der Waals surface area contributed by atoms with E-state index in [9.17, 15) is 13.2 Å². The van der Waals surface area contributed by atoms with Crippen LogP contribution < -0.4 is 4.72 Å². The lowest BCUT2D eigenvalue weighted by Gasteiger charge is -2.09. The molecule has 0 unspecified atom stereocenters. The molecule has 2 N–H and O–H groups in total. The van der Waals surface area contributed by atoms with Crippen molar-refractivity contribution < 1.29 is 18.3 Å². The van der Waals surface area contributed by atoms with Crippen molar-refractivity contribution in [1.82, 2.24) is 4.98 Å². The average molecular weight is 313 g/mol. The van der Waals surface area contributed by atoms with Crippen molar-refractivity contribution >= 4 is 33.3 Å². The highest BCUT2D eigenvalue weighted by molar-refractivity contribution is 7.92. The highest BCUT2D eigenvalue weighted by Crippen LogP contribution is 2.23. The van der Waals surface area contributed by atoms with Gasteiger partial charge in [0.1, 0.15) is 0 Å². The van der Waals surface area contributed by atoms with Crippen molar-refractivity contribution in [3.05, 3.63) is 53.3 Å². The Hall–Kier alpha value is -2.12. The molecule has 1 aromatic heterocycles. The molecule has 0 fully saturated rings. The first kappa shape index (κ1) is 14.3. The molecule has 0 saturated carbocycles. The predicted molar refractivity (Wildman–Crippen MR) is 73.5 cm³/mol. The number of benzene rings is 1. The van der Waals surface area contributed by atoms with Crippen LogP contribution in [-0.2, 0) is 10.0 Å². The quantitative estimate of drug-likeness (QED) is 0.902. The number of pyridine rings is 1. The van der Waals surface area contributed by atoms with Crippen molar-refractivity contribution in [3.8, 4) is 0 Å². The second-order valence-corrected chi connectivity index (χ2v) is 5.88. The van der Waals surface area contributed by atoms with Crippen LogP contribution in [-0.4, -0.2) is 24.5 Å². The van der Waals surface area contributed by atoms with E-state index in [4.69, 9.17) is 16.7 Å². The third-order valence-corrected chi connectivity index (χ3v) is 4.07. The molecule has 0 atom stereocenters. The third-order valence-electron chi connectivity index (χ3n) is 2.41. The number of carboxylic acid groups (broad SMARTS) is 1. The van der Waals surface area contributed by atoms with Crippen LogP contribution in [0.25, 0.3) is 0 Å². The molecule has 2 rings (SSSR count). The molecule has 0 spiro atoms. The highest BCUT2D eigenvalue weighted by Gasteiger charge is 2.17. The number of anilines is 1. The van der Waals surface area contributed by atoms with Gasteiger partial charge in [0, 0.05) is 12.4 Å². The van der Waals surface area contributed by atoms with Crippen molar-refractivity contribution in [2.45, 2.75) is 4.90 Å². The van der Waals surface area contributed by atoms with E-state index in [0.29, 0.717) is 0 Å². The fourth-order valence-corrected chi connectivity index (χ4v) is 2.81. The smallest absolute Gasteiger partial charge is 0.335 e. The van der Waals surface area contributed by atoms with Gasteiger partial charge in [-0.2, -0.15) is 0 Å². The van der Waals surface area contributed by atoms with Crippen LogP contribution in [0.15, 0.2) is 47.6 Å². The van der Waals surface area contributed by atoms with Gasteiger partial charge in [-0.3, -0.25) is 9.71 Å². The summed E-state index contributed by atoms with van der Waals surface area (Å²) in [4.78, 5) is 14.4. The summed E-state index contributed by atoms with van der Waals surface area (Å²) in [6, 6.07) is 6.43. The Morgan fingerprint density at radius 1 is 1.30 bits per heavy atom. The van der Waals surface area contributed by atoms with Crippen LogP contribution in [0.1, 0.15) is 10.4 Å². The maximum atomic E-state index is 12.1. The molecule has 0 aliphatic rings. The number of hydrogen-bond donors (Lipinski definition) is 2. The number of carboxylic acids is 1. The van der Waals surface area contributed by atoms with Crippen LogP contribution in [0.2, 0.25) is 5.02 Å². The summed E-state index contributed by atoms with van der Waals surface area (Å²) < 4.78 is 26.6. The molecule has 1 heterocycles. The maximum absolute atomic E-state index is 12.1. The first-order valence-electron chi connectivity index (χ1n) is 5.36. The highest BCUT2D eigenvalue weighted by atomic mass is 35.5. The van der Waals surface area contributed by atoms with Crippen molar-refractivity contribution in [3.63, 3.8) is 0 Å². The van der Waals surface area contributed by atoms with E-state index >= 15 is 0 Å². The molecule has 2 aromatic rings. The van der Waals surface area contributed by atoms with Gasteiger partial charge in [0.2, 0.25) is 0 Å². The Morgan fingerprint density at radius 3 is 2.70 bits per heavy atom. The minimum atomic E-state index is -3.92. The van der Waals surface area contributed by atoms with Gasteiger partial charge >= 0.3 is 5.97 Å². The summed E-state index contributed by atoms with van der Waals surface area (Å²) in [5, 5.41) is 9.01. The van der Waals surface area contributed by atoms with Gasteiger partial charge < -0.3 is 5.11 Å². The molecular formula is C12H9ClN2O4S. The van der Waals surface area contributed by atoms with Crippen LogP contribution in [0.5, 0.6) is 0 Å². The summed E-state index contributed by atoms with van der Waals surface area (Å²) in [7, 11) is -3.92. The minimum Gasteiger partial charge on any atom is -0.478 e. The molecule has 6 nitrogen and oxygen atoms in total. The average Bonchev–Trinajstić information content (AvgIpc) is 2.41. The Kier molecular flexibility index (Phi) is 3.91. The Labute approximate surface area is 120 Å². The Balaban J connectivity index is 2.38. The number of halogens is 1. The molecule has 0 amide bonds. The second kappa shape index (κ2) is 5.48. The van der Waals surface area contributed by atoms with Crippen molar-refractivity contribution in [1.29, 1.82) is 0 Å². The molecule has 0 bridgehead atoms.